The molecule has 0 aliphatic rings. The first-order valence-electron chi connectivity index (χ1n) is 7.62. The molecular weight excluding hydrogens is 302 g/mol. The van der Waals surface area contributed by atoms with Crippen molar-refractivity contribution >= 4 is 17.4 Å². The summed E-state index contributed by atoms with van der Waals surface area (Å²) in [5.41, 5.74) is 3.43. The van der Waals surface area contributed by atoms with Gasteiger partial charge in [0.05, 0.1) is 12.8 Å². The largest absolute Gasteiger partial charge is 0.495 e. The molecule has 0 saturated carbocycles. The van der Waals surface area contributed by atoms with Gasteiger partial charge in [-0.15, -0.1) is 0 Å². The fourth-order valence-electron chi connectivity index (χ4n) is 2.43. The van der Waals surface area contributed by atoms with Crippen molar-refractivity contribution in [1.29, 1.82) is 0 Å². The number of amides is 2. The fraction of sp³-hybridized carbons (Fsp3) is 0.105. The minimum Gasteiger partial charge on any atom is -0.495 e. The Morgan fingerprint density at radius 3 is 2.38 bits per heavy atom. The molecule has 0 atom stereocenters. The number of carbonyl (C=O) groups excluding carboxylic acids is 1. The highest BCUT2D eigenvalue weighted by atomic mass is 16.5. The van der Waals surface area contributed by atoms with Crippen molar-refractivity contribution in [3.63, 3.8) is 0 Å². The number of benzene rings is 2. The number of aryl methyl sites for hydroxylation is 1. The first kappa shape index (κ1) is 15.7. The number of aromatic nitrogens is 1. The monoisotopic (exact) mass is 321 g/mol. The quantitative estimate of drug-likeness (QED) is 0.746. The number of urea groups is 1. The number of carbonyl (C=O) groups is 1. The molecule has 0 saturated heterocycles. The zero-order valence-electron chi connectivity index (χ0n) is 13.6. The molecule has 0 fully saturated rings. The van der Waals surface area contributed by atoms with Gasteiger partial charge in [-0.2, -0.15) is 0 Å². The lowest BCUT2D eigenvalue weighted by Crippen LogP contribution is -2.19. The van der Waals surface area contributed by atoms with E-state index in [4.69, 9.17) is 4.74 Å². The second-order valence-electron chi connectivity index (χ2n) is 5.42. The molecule has 122 valence electrons. The lowest BCUT2D eigenvalue weighted by atomic mass is 10.2. The Labute approximate surface area is 140 Å². The summed E-state index contributed by atoms with van der Waals surface area (Å²) in [6.07, 6.45) is 3.94. The maximum atomic E-state index is 12.2. The van der Waals surface area contributed by atoms with Gasteiger partial charge in [0.1, 0.15) is 5.75 Å². The van der Waals surface area contributed by atoms with E-state index in [0.717, 1.165) is 16.9 Å². The number of hydrogen-bond donors (Lipinski definition) is 2. The van der Waals surface area contributed by atoms with Crippen LogP contribution in [0.25, 0.3) is 5.69 Å². The summed E-state index contributed by atoms with van der Waals surface area (Å²) in [5, 5.41) is 5.63. The molecule has 0 bridgehead atoms. The molecular formula is C19H19N3O2. The van der Waals surface area contributed by atoms with Gasteiger partial charge in [0.15, 0.2) is 0 Å². The molecule has 5 heteroatoms. The molecule has 5 nitrogen and oxygen atoms in total. The third kappa shape index (κ3) is 3.57. The molecule has 0 spiro atoms. The summed E-state index contributed by atoms with van der Waals surface area (Å²) in [4.78, 5) is 12.2. The number of ether oxygens (including phenoxy) is 1. The van der Waals surface area contributed by atoms with E-state index in [1.165, 1.54) is 0 Å². The lowest BCUT2D eigenvalue weighted by molar-refractivity contribution is 0.262. The zero-order chi connectivity index (χ0) is 16.9. The van der Waals surface area contributed by atoms with E-state index in [1.54, 1.807) is 7.11 Å². The van der Waals surface area contributed by atoms with Crippen LogP contribution in [0.3, 0.4) is 0 Å². The Bertz CT molecular complexity index is 824. The molecule has 0 aliphatic carbocycles. The first-order chi connectivity index (χ1) is 11.7. The smallest absolute Gasteiger partial charge is 0.323 e. The zero-order valence-corrected chi connectivity index (χ0v) is 13.6. The highest BCUT2D eigenvalue weighted by Gasteiger charge is 2.08. The number of rotatable bonds is 4. The van der Waals surface area contributed by atoms with Crippen LogP contribution >= 0.6 is 0 Å². The van der Waals surface area contributed by atoms with Crippen molar-refractivity contribution in [2.75, 3.05) is 17.7 Å². The molecule has 24 heavy (non-hydrogen) atoms. The highest BCUT2D eigenvalue weighted by Crippen LogP contribution is 2.25. The summed E-state index contributed by atoms with van der Waals surface area (Å²) in [6, 6.07) is 16.9. The van der Waals surface area contributed by atoms with Gasteiger partial charge in [0.2, 0.25) is 0 Å². The molecule has 2 aromatic carbocycles. The SMILES string of the molecule is COc1ccc(C)cc1NC(=O)Nc1ccc(-n2cccc2)cc1. The lowest BCUT2D eigenvalue weighted by Gasteiger charge is -2.12. The minimum atomic E-state index is -0.312. The van der Waals surface area contributed by atoms with E-state index in [1.807, 2.05) is 78.5 Å². The first-order valence-corrected chi connectivity index (χ1v) is 7.62. The van der Waals surface area contributed by atoms with E-state index >= 15 is 0 Å². The fourth-order valence-corrected chi connectivity index (χ4v) is 2.43. The Morgan fingerprint density at radius 2 is 1.71 bits per heavy atom. The van der Waals surface area contributed by atoms with Crippen molar-refractivity contribution in [1.82, 2.24) is 4.57 Å². The van der Waals surface area contributed by atoms with Crippen LogP contribution in [0.4, 0.5) is 16.2 Å². The maximum Gasteiger partial charge on any atom is 0.323 e. The van der Waals surface area contributed by atoms with Crippen molar-refractivity contribution < 1.29 is 9.53 Å². The number of nitrogens with zero attached hydrogens (tertiary/aromatic N) is 1. The van der Waals surface area contributed by atoms with Crippen LogP contribution in [0.1, 0.15) is 5.56 Å². The van der Waals surface area contributed by atoms with Crippen molar-refractivity contribution in [3.05, 3.63) is 72.6 Å². The van der Waals surface area contributed by atoms with Gasteiger partial charge in [-0.3, -0.25) is 0 Å². The van der Waals surface area contributed by atoms with Crippen LogP contribution in [0.5, 0.6) is 5.75 Å². The molecule has 0 unspecified atom stereocenters. The summed E-state index contributed by atoms with van der Waals surface area (Å²) in [6.45, 7) is 1.96. The molecule has 0 aliphatic heterocycles. The van der Waals surface area contributed by atoms with Crippen molar-refractivity contribution in [2.45, 2.75) is 6.92 Å². The Kier molecular flexibility index (Phi) is 4.52. The molecule has 1 aromatic heterocycles. The van der Waals surface area contributed by atoms with Crippen LogP contribution in [0.2, 0.25) is 0 Å². The molecule has 3 aromatic rings. The third-order valence-electron chi connectivity index (χ3n) is 3.63. The average molecular weight is 321 g/mol. The van der Waals surface area contributed by atoms with E-state index in [0.29, 0.717) is 11.4 Å². The van der Waals surface area contributed by atoms with E-state index < -0.39 is 0 Å². The molecule has 3 rings (SSSR count). The topological polar surface area (TPSA) is 55.3 Å². The Morgan fingerprint density at radius 1 is 1.00 bits per heavy atom. The van der Waals surface area contributed by atoms with Gasteiger partial charge < -0.3 is 19.9 Å². The molecule has 2 N–H and O–H groups in total. The van der Waals surface area contributed by atoms with Crippen LogP contribution in [-0.2, 0) is 0 Å². The van der Waals surface area contributed by atoms with Crippen LogP contribution in [0, 0.1) is 6.92 Å². The maximum absolute atomic E-state index is 12.2. The van der Waals surface area contributed by atoms with Gasteiger partial charge in [-0.1, -0.05) is 6.07 Å². The van der Waals surface area contributed by atoms with E-state index in [-0.39, 0.29) is 6.03 Å². The summed E-state index contributed by atoms with van der Waals surface area (Å²) < 4.78 is 7.26. The predicted molar refractivity (Wildman–Crippen MR) is 96.1 cm³/mol. The normalized spacial score (nSPS) is 10.2. The number of anilines is 2. The molecule has 0 radical (unpaired) electrons. The van der Waals surface area contributed by atoms with Gasteiger partial charge in [0.25, 0.3) is 0 Å². The van der Waals surface area contributed by atoms with Gasteiger partial charge in [-0.25, -0.2) is 4.79 Å². The van der Waals surface area contributed by atoms with Crippen molar-refractivity contribution in [2.24, 2.45) is 0 Å². The second-order valence-corrected chi connectivity index (χ2v) is 5.42. The van der Waals surface area contributed by atoms with Crippen LogP contribution < -0.4 is 15.4 Å². The van der Waals surface area contributed by atoms with Gasteiger partial charge >= 0.3 is 6.03 Å². The summed E-state index contributed by atoms with van der Waals surface area (Å²) >= 11 is 0. The predicted octanol–water partition coefficient (Wildman–Crippen LogP) is 4.44. The summed E-state index contributed by atoms with van der Waals surface area (Å²) in [5.74, 6) is 0.624. The van der Waals surface area contributed by atoms with Gasteiger partial charge in [-0.05, 0) is 61.0 Å². The number of hydrogen-bond acceptors (Lipinski definition) is 2. The second kappa shape index (κ2) is 6.91. The van der Waals surface area contributed by atoms with Crippen LogP contribution in [-0.4, -0.2) is 17.7 Å². The van der Waals surface area contributed by atoms with Crippen LogP contribution in [0.15, 0.2) is 67.0 Å². The highest BCUT2D eigenvalue weighted by molar-refractivity contribution is 6.00. The molecule has 1 heterocycles. The Balaban J connectivity index is 1.68. The van der Waals surface area contributed by atoms with E-state index in [2.05, 4.69) is 10.6 Å². The van der Waals surface area contributed by atoms with E-state index in [9.17, 15) is 4.79 Å². The molecule has 2 amide bonds. The third-order valence-corrected chi connectivity index (χ3v) is 3.63. The standard InChI is InChI=1S/C19H19N3O2/c1-14-5-10-18(24-2)17(13-14)21-19(23)20-15-6-8-16(9-7-15)22-11-3-4-12-22/h3-13H,1-2H3,(H2,20,21,23). The Hall–Kier alpha value is -3.21. The van der Waals surface area contributed by atoms with Gasteiger partial charge in [0, 0.05) is 23.8 Å². The average Bonchev–Trinajstić information content (AvgIpc) is 3.10. The minimum absolute atomic E-state index is 0.312. The van der Waals surface area contributed by atoms with Crippen molar-refractivity contribution in [3.8, 4) is 11.4 Å². The number of nitrogens with one attached hydrogen (secondary N) is 2. The summed E-state index contributed by atoms with van der Waals surface area (Å²) in [7, 11) is 1.58. The number of methoxy groups -OCH3 is 1.